The Kier molecular flexibility index (Phi) is 3.71. The molecule has 0 bridgehead atoms. The lowest BCUT2D eigenvalue weighted by atomic mass is 9.81. The van der Waals surface area contributed by atoms with Gasteiger partial charge in [-0.1, -0.05) is 20.8 Å². The molecular formula is C12H23NO. The first kappa shape index (κ1) is 11.7. The Labute approximate surface area is 87.7 Å². The van der Waals surface area contributed by atoms with E-state index < -0.39 is 0 Å². The number of hydrogen-bond acceptors (Lipinski definition) is 2. The standard InChI is InChI=1S/C12H23NO/c1-5-13-7-6-11(14)9-12(13,4)8-10(2)3/h10H,5-9H2,1-4H3. The molecule has 1 unspecified atom stereocenters. The van der Waals surface area contributed by atoms with Gasteiger partial charge in [-0.05, 0) is 25.8 Å². The minimum Gasteiger partial charge on any atom is -0.300 e. The lowest BCUT2D eigenvalue weighted by molar-refractivity contribution is -0.126. The monoisotopic (exact) mass is 197 g/mol. The SMILES string of the molecule is CCN1CCC(=O)CC1(C)CC(C)C. The first-order valence-corrected chi connectivity index (χ1v) is 5.74. The van der Waals surface area contributed by atoms with Crippen LogP contribution in [-0.4, -0.2) is 29.3 Å². The van der Waals surface area contributed by atoms with Gasteiger partial charge in [-0.2, -0.15) is 0 Å². The highest BCUT2D eigenvalue weighted by molar-refractivity contribution is 5.80. The first-order valence-electron chi connectivity index (χ1n) is 5.74. The molecule has 1 saturated heterocycles. The number of likely N-dealkylation sites (tertiary alicyclic amines) is 1. The number of hydrogen-bond donors (Lipinski definition) is 0. The Morgan fingerprint density at radius 3 is 2.64 bits per heavy atom. The zero-order valence-corrected chi connectivity index (χ0v) is 9.97. The molecule has 1 atom stereocenters. The third-order valence-electron chi connectivity index (χ3n) is 3.23. The average molecular weight is 197 g/mol. The maximum atomic E-state index is 11.5. The van der Waals surface area contributed by atoms with Crippen molar-refractivity contribution in [2.24, 2.45) is 5.92 Å². The predicted molar refractivity (Wildman–Crippen MR) is 59.3 cm³/mol. The van der Waals surface area contributed by atoms with Crippen LogP contribution in [-0.2, 0) is 4.79 Å². The fourth-order valence-electron chi connectivity index (χ4n) is 2.78. The summed E-state index contributed by atoms with van der Waals surface area (Å²) in [5, 5.41) is 0. The molecule has 0 saturated carbocycles. The van der Waals surface area contributed by atoms with Crippen LogP contribution in [0.2, 0.25) is 0 Å². The van der Waals surface area contributed by atoms with Crippen molar-refractivity contribution >= 4 is 5.78 Å². The van der Waals surface area contributed by atoms with E-state index in [0.717, 1.165) is 32.4 Å². The third kappa shape index (κ3) is 2.57. The summed E-state index contributed by atoms with van der Waals surface area (Å²) < 4.78 is 0. The van der Waals surface area contributed by atoms with E-state index in [1.54, 1.807) is 0 Å². The topological polar surface area (TPSA) is 20.3 Å². The number of carbonyl (C=O) groups is 1. The fourth-order valence-corrected chi connectivity index (χ4v) is 2.78. The van der Waals surface area contributed by atoms with Crippen molar-refractivity contribution in [1.29, 1.82) is 0 Å². The average Bonchev–Trinajstić information content (AvgIpc) is 2.01. The molecule has 2 nitrogen and oxygen atoms in total. The summed E-state index contributed by atoms with van der Waals surface area (Å²) in [6.07, 6.45) is 2.63. The highest BCUT2D eigenvalue weighted by Crippen LogP contribution is 2.31. The maximum absolute atomic E-state index is 11.5. The zero-order chi connectivity index (χ0) is 10.8. The quantitative estimate of drug-likeness (QED) is 0.692. The summed E-state index contributed by atoms with van der Waals surface area (Å²) in [6.45, 7) is 10.9. The van der Waals surface area contributed by atoms with E-state index in [-0.39, 0.29) is 5.54 Å². The van der Waals surface area contributed by atoms with Crippen molar-refractivity contribution in [3.8, 4) is 0 Å². The van der Waals surface area contributed by atoms with Crippen LogP contribution in [0.25, 0.3) is 0 Å². The van der Waals surface area contributed by atoms with E-state index in [9.17, 15) is 4.79 Å². The molecule has 0 radical (unpaired) electrons. The Hall–Kier alpha value is -0.370. The molecule has 0 spiro atoms. The lowest BCUT2D eigenvalue weighted by Crippen LogP contribution is -2.52. The van der Waals surface area contributed by atoms with Gasteiger partial charge in [-0.25, -0.2) is 0 Å². The van der Waals surface area contributed by atoms with E-state index in [4.69, 9.17) is 0 Å². The zero-order valence-electron chi connectivity index (χ0n) is 9.97. The van der Waals surface area contributed by atoms with Crippen LogP contribution in [0.4, 0.5) is 0 Å². The first-order chi connectivity index (χ1) is 6.48. The molecule has 1 rings (SSSR count). The molecule has 14 heavy (non-hydrogen) atoms. The minimum absolute atomic E-state index is 0.123. The maximum Gasteiger partial charge on any atom is 0.136 e. The molecule has 0 N–H and O–H groups in total. The van der Waals surface area contributed by atoms with E-state index >= 15 is 0 Å². The lowest BCUT2D eigenvalue weighted by Gasteiger charge is -2.45. The summed E-state index contributed by atoms with van der Waals surface area (Å²) in [5.41, 5.74) is 0.123. The van der Waals surface area contributed by atoms with Gasteiger partial charge in [0, 0.05) is 24.9 Å². The third-order valence-corrected chi connectivity index (χ3v) is 3.23. The highest BCUT2D eigenvalue weighted by Gasteiger charge is 2.37. The Balaban J connectivity index is 2.72. The Bertz CT molecular complexity index is 212. The van der Waals surface area contributed by atoms with Crippen molar-refractivity contribution < 1.29 is 4.79 Å². The molecular weight excluding hydrogens is 174 g/mol. The number of ketones is 1. The van der Waals surface area contributed by atoms with Gasteiger partial charge in [0.15, 0.2) is 0 Å². The van der Waals surface area contributed by atoms with Crippen LogP contribution >= 0.6 is 0 Å². The number of nitrogens with zero attached hydrogens (tertiary/aromatic N) is 1. The minimum atomic E-state index is 0.123. The molecule has 1 heterocycles. The van der Waals surface area contributed by atoms with Gasteiger partial charge in [0.05, 0.1) is 0 Å². The van der Waals surface area contributed by atoms with Crippen LogP contribution < -0.4 is 0 Å². The summed E-state index contributed by atoms with van der Waals surface area (Å²) in [6, 6.07) is 0. The van der Waals surface area contributed by atoms with Crippen molar-refractivity contribution in [1.82, 2.24) is 4.90 Å². The molecule has 0 aromatic heterocycles. The molecule has 0 amide bonds. The van der Waals surface area contributed by atoms with Crippen LogP contribution in [0.15, 0.2) is 0 Å². The van der Waals surface area contributed by atoms with Crippen LogP contribution in [0.5, 0.6) is 0 Å². The number of carbonyl (C=O) groups excluding carboxylic acids is 1. The molecule has 1 fully saturated rings. The van der Waals surface area contributed by atoms with Crippen LogP contribution in [0, 0.1) is 5.92 Å². The van der Waals surface area contributed by atoms with Gasteiger partial charge in [0.1, 0.15) is 5.78 Å². The largest absolute Gasteiger partial charge is 0.300 e. The molecule has 0 aromatic carbocycles. The van der Waals surface area contributed by atoms with E-state index in [2.05, 4.69) is 32.6 Å². The fraction of sp³-hybridized carbons (Fsp3) is 0.917. The summed E-state index contributed by atoms with van der Waals surface area (Å²) >= 11 is 0. The van der Waals surface area contributed by atoms with E-state index in [0.29, 0.717) is 11.7 Å². The molecule has 1 aliphatic rings. The van der Waals surface area contributed by atoms with Crippen LogP contribution in [0.3, 0.4) is 0 Å². The highest BCUT2D eigenvalue weighted by atomic mass is 16.1. The molecule has 2 heteroatoms. The van der Waals surface area contributed by atoms with Crippen molar-refractivity contribution in [2.45, 2.75) is 52.5 Å². The Morgan fingerprint density at radius 1 is 1.50 bits per heavy atom. The second-order valence-electron chi connectivity index (χ2n) is 5.14. The van der Waals surface area contributed by atoms with E-state index in [1.165, 1.54) is 0 Å². The summed E-state index contributed by atoms with van der Waals surface area (Å²) in [7, 11) is 0. The van der Waals surface area contributed by atoms with E-state index in [1.807, 2.05) is 0 Å². The number of piperidine rings is 1. The van der Waals surface area contributed by atoms with Crippen LogP contribution in [0.1, 0.15) is 47.0 Å². The van der Waals surface area contributed by atoms with Gasteiger partial charge < -0.3 is 0 Å². The van der Waals surface area contributed by atoms with Gasteiger partial charge >= 0.3 is 0 Å². The van der Waals surface area contributed by atoms with Crippen molar-refractivity contribution in [3.05, 3.63) is 0 Å². The van der Waals surface area contributed by atoms with Crippen molar-refractivity contribution in [3.63, 3.8) is 0 Å². The second-order valence-corrected chi connectivity index (χ2v) is 5.14. The van der Waals surface area contributed by atoms with Gasteiger partial charge in [-0.3, -0.25) is 9.69 Å². The molecule has 0 aliphatic carbocycles. The van der Waals surface area contributed by atoms with Crippen molar-refractivity contribution in [2.75, 3.05) is 13.1 Å². The van der Waals surface area contributed by atoms with Gasteiger partial charge in [0.2, 0.25) is 0 Å². The molecule has 82 valence electrons. The summed E-state index contributed by atoms with van der Waals surface area (Å²) in [4.78, 5) is 14.0. The van der Waals surface area contributed by atoms with Gasteiger partial charge in [0.25, 0.3) is 0 Å². The number of rotatable bonds is 3. The van der Waals surface area contributed by atoms with Gasteiger partial charge in [-0.15, -0.1) is 0 Å². The normalized spacial score (nSPS) is 29.9. The molecule has 1 aliphatic heterocycles. The second kappa shape index (κ2) is 4.43. The number of Topliss-reactive ketones (excluding diaryl/α,β-unsaturated/α-hetero) is 1. The summed E-state index contributed by atoms with van der Waals surface area (Å²) in [5.74, 6) is 1.11. The predicted octanol–water partition coefficient (Wildman–Crippen LogP) is 2.48. The smallest absolute Gasteiger partial charge is 0.136 e. The molecule has 0 aromatic rings. The Morgan fingerprint density at radius 2 is 2.14 bits per heavy atom.